The second kappa shape index (κ2) is 3.42. The molecule has 0 heterocycles. The Hall–Kier alpha value is -2.15. The Kier molecular flexibility index (Phi) is 2.02. The molecule has 3 rings (SSSR count). The SMILES string of the molecule is C=CC1=C(C)C=C2C(=Cc3ccccc32)C1=O. The summed E-state index contributed by atoms with van der Waals surface area (Å²) < 4.78 is 0. The summed E-state index contributed by atoms with van der Waals surface area (Å²) in [5, 5.41) is 0. The molecule has 0 bridgehead atoms. The zero-order valence-corrected chi connectivity index (χ0v) is 9.66. The van der Waals surface area contributed by atoms with Gasteiger partial charge >= 0.3 is 0 Å². The maximum atomic E-state index is 12.3. The molecule has 0 N–H and O–H groups in total. The molecular formula is C16H12O. The number of benzene rings is 1. The molecule has 2 aliphatic rings. The molecule has 0 spiro atoms. The number of carbonyl (C=O) groups excluding carboxylic acids is 1. The van der Waals surface area contributed by atoms with Crippen molar-refractivity contribution in [3.05, 3.63) is 70.8 Å². The lowest BCUT2D eigenvalue weighted by atomic mass is 9.87. The molecule has 0 aliphatic heterocycles. The summed E-state index contributed by atoms with van der Waals surface area (Å²) in [6, 6.07) is 8.10. The van der Waals surface area contributed by atoms with Gasteiger partial charge in [-0.05, 0) is 41.3 Å². The Bertz CT molecular complexity index is 639. The van der Waals surface area contributed by atoms with E-state index in [4.69, 9.17) is 0 Å². The van der Waals surface area contributed by atoms with Crippen LogP contribution in [0, 0.1) is 0 Å². The van der Waals surface area contributed by atoms with Crippen molar-refractivity contribution in [3.8, 4) is 0 Å². The first-order chi connectivity index (χ1) is 8.22. The first-order valence-electron chi connectivity index (χ1n) is 5.63. The summed E-state index contributed by atoms with van der Waals surface area (Å²) in [6.07, 6.45) is 5.70. The lowest BCUT2D eigenvalue weighted by molar-refractivity contribution is -0.111. The summed E-state index contributed by atoms with van der Waals surface area (Å²) in [4.78, 5) is 12.3. The van der Waals surface area contributed by atoms with Crippen molar-refractivity contribution < 1.29 is 4.79 Å². The maximum absolute atomic E-state index is 12.3. The maximum Gasteiger partial charge on any atom is 0.193 e. The standard InChI is InChI=1S/C16H12O/c1-3-12-10(2)8-14-13-7-5-4-6-11(13)9-15(14)16(12)17/h3-9H,1H2,2H3. The lowest BCUT2D eigenvalue weighted by Gasteiger charge is -2.15. The molecule has 1 aromatic carbocycles. The molecule has 0 saturated carbocycles. The van der Waals surface area contributed by atoms with Crippen molar-refractivity contribution >= 4 is 17.4 Å². The lowest BCUT2D eigenvalue weighted by Crippen LogP contribution is -2.10. The van der Waals surface area contributed by atoms with Crippen LogP contribution in [0.3, 0.4) is 0 Å². The van der Waals surface area contributed by atoms with E-state index in [0.29, 0.717) is 5.57 Å². The summed E-state index contributed by atoms with van der Waals surface area (Å²) >= 11 is 0. The highest BCUT2D eigenvalue weighted by Crippen LogP contribution is 2.40. The summed E-state index contributed by atoms with van der Waals surface area (Å²) in [5.41, 5.74) is 5.83. The first kappa shape index (κ1) is 10.0. The van der Waals surface area contributed by atoms with Gasteiger partial charge in [-0.1, -0.05) is 36.9 Å². The monoisotopic (exact) mass is 220 g/mol. The number of fused-ring (bicyclic) bond motifs is 3. The topological polar surface area (TPSA) is 17.1 Å². The van der Waals surface area contributed by atoms with Crippen LogP contribution in [-0.2, 0) is 4.79 Å². The minimum atomic E-state index is 0.0891. The smallest absolute Gasteiger partial charge is 0.193 e. The predicted octanol–water partition coefficient (Wildman–Crippen LogP) is 3.55. The Morgan fingerprint density at radius 1 is 1.12 bits per heavy atom. The van der Waals surface area contributed by atoms with E-state index in [1.807, 2.05) is 31.2 Å². The second-order valence-corrected chi connectivity index (χ2v) is 4.33. The molecule has 1 heteroatoms. The summed E-state index contributed by atoms with van der Waals surface area (Å²) in [6.45, 7) is 5.67. The van der Waals surface area contributed by atoms with E-state index in [0.717, 1.165) is 27.8 Å². The van der Waals surface area contributed by atoms with E-state index in [2.05, 4.69) is 18.7 Å². The predicted molar refractivity (Wildman–Crippen MR) is 70.3 cm³/mol. The minimum absolute atomic E-state index is 0.0891. The Balaban J connectivity index is 2.27. The van der Waals surface area contributed by atoms with Gasteiger partial charge in [-0.3, -0.25) is 4.79 Å². The summed E-state index contributed by atoms with van der Waals surface area (Å²) in [7, 11) is 0. The molecule has 0 amide bonds. The van der Waals surface area contributed by atoms with Crippen molar-refractivity contribution in [2.24, 2.45) is 0 Å². The first-order valence-corrected chi connectivity index (χ1v) is 5.63. The van der Waals surface area contributed by atoms with Gasteiger partial charge in [-0.15, -0.1) is 0 Å². The molecule has 0 atom stereocenters. The normalized spacial score (nSPS) is 17.4. The molecule has 0 radical (unpaired) electrons. The molecule has 0 saturated heterocycles. The van der Waals surface area contributed by atoms with E-state index in [9.17, 15) is 4.79 Å². The quantitative estimate of drug-likeness (QED) is 0.707. The van der Waals surface area contributed by atoms with Crippen molar-refractivity contribution in [3.63, 3.8) is 0 Å². The van der Waals surface area contributed by atoms with Crippen LogP contribution in [-0.4, -0.2) is 5.78 Å². The third-order valence-corrected chi connectivity index (χ3v) is 3.32. The fourth-order valence-electron chi connectivity index (χ4n) is 2.46. The van der Waals surface area contributed by atoms with Gasteiger partial charge in [0.25, 0.3) is 0 Å². The van der Waals surface area contributed by atoms with Gasteiger partial charge in [-0.25, -0.2) is 0 Å². The van der Waals surface area contributed by atoms with E-state index in [1.54, 1.807) is 6.08 Å². The number of hydrogen-bond donors (Lipinski definition) is 0. The highest BCUT2D eigenvalue weighted by Gasteiger charge is 2.28. The van der Waals surface area contributed by atoms with Crippen LogP contribution in [0.25, 0.3) is 11.6 Å². The molecule has 82 valence electrons. The zero-order chi connectivity index (χ0) is 12.0. The Morgan fingerprint density at radius 2 is 1.88 bits per heavy atom. The van der Waals surface area contributed by atoms with Crippen LogP contribution in [0.2, 0.25) is 0 Å². The minimum Gasteiger partial charge on any atom is -0.289 e. The zero-order valence-electron chi connectivity index (χ0n) is 9.66. The van der Waals surface area contributed by atoms with E-state index >= 15 is 0 Å². The van der Waals surface area contributed by atoms with Gasteiger partial charge in [0.05, 0.1) is 0 Å². The van der Waals surface area contributed by atoms with Crippen LogP contribution in [0.15, 0.2) is 59.7 Å². The van der Waals surface area contributed by atoms with Gasteiger partial charge in [0.15, 0.2) is 5.78 Å². The van der Waals surface area contributed by atoms with Crippen molar-refractivity contribution in [1.29, 1.82) is 0 Å². The van der Waals surface area contributed by atoms with Gasteiger partial charge in [-0.2, -0.15) is 0 Å². The van der Waals surface area contributed by atoms with Crippen LogP contribution < -0.4 is 0 Å². The van der Waals surface area contributed by atoms with E-state index in [1.165, 1.54) is 0 Å². The summed E-state index contributed by atoms with van der Waals surface area (Å²) in [5.74, 6) is 0.0891. The molecule has 0 aromatic heterocycles. The average Bonchev–Trinajstić information content (AvgIpc) is 2.69. The fourth-order valence-corrected chi connectivity index (χ4v) is 2.46. The number of rotatable bonds is 1. The van der Waals surface area contributed by atoms with Crippen LogP contribution >= 0.6 is 0 Å². The molecule has 17 heavy (non-hydrogen) atoms. The number of allylic oxidation sites excluding steroid dienone is 6. The average molecular weight is 220 g/mol. The number of ketones is 1. The Labute approximate surface area is 100 Å². The molecular weight excluding hydrogens is 208 g/mol. The highest BCUT2D eigenvalue weighted by atomic mass is 16.1. The molecule has 0 unspecified atom stereocenters. The molecule has 0 fully saturated rings. The number of Topliss-reactive ketones (excluding diaryl/α,β-unsaturated/α-hetero) is 1. The molecule has 2 aliphatic carbocycles. The van der Waals surface area contributed by atoms with E-state index < -0.39 is 0 Å². The van der Waals surface area contributed by atoms with Crippen molar-refractivity contribution in [2.75, 3.05) is 0 Å². The van der Waals surface area contributed by atoms with Gasteiger partial charge in [0.2, 0.25) is 0 Å². The fraction of sp³-hybridized carbons (Fsp3) is 0.0625. The number of carbonyl (C=O) groups is 1. The second-order valence-electron chi connectivity index (χ2n) is 4.33. The highest BCUT2D eigenvalue weighted by molar-refractivity contribution is 6.27. The third-order valence-electron chi connectivity index (χ3n) is 3.32. The largest absolute Gasteiger partial charge is 0.289 e. The third kappa shape index (κ3) is 1.29. The van der Waals surface area contributed by atoms with Crippen LogP contribution in [0.5, 0.6) is 0 Å². The van der Waals surface area contributed by atoms with Gasteiger partial charge in [0.1, 0.15) is 0 Å². The van der Waals surface area contributed by atoms with Crippen LogP contribution in [0.1, 0.15) is 18.1 Å². The van der Waals surface area contributed by atoms with Gasteiger partial charge < -0.3 is 0 Å². The van der Waals surface area contributed by atoms with Crippen molar-refractivity contribution in [2.45, 2.75) is 6.92 Å². The molecule has 1 aromatic rings. The van der Waals surface area contributed by atoms with Crippen LogP contribution in [0.4, 0.5) is 0 Å². The number of hydrogen-bond acceptors (Lipinski definition) is 1. The molecule has 1 nitrogen and oxygen atoms in total. The van der Waals surface area contributed by atoms with Crippen molar-refractivity contribution in [1.82, 2.24) is 0 Å². The Morgan fingerprint density at radius 3 is 2.65 bits per heavy atom. The van der Waals surface area contributed by atoms with Gasteiger partial charge in [0, 0.05) is 11.1 Å². The van der Waals surface area contributed by atoms with E-state index in [-0.39, 0.29) is 5.78 Å².